The largest absolute Gasteiger partial charge is 0.271 e. The minimum Gasteiger partial charge on any atom is -0.267 e. The number of carbonyl (C=O) groups excluding carboxylic acids is 1. The molecule has 4 heteroatoms. The summed E-state index contributed by atoms with van der Waals surface area (Å²) in [7, 11) is 0. The SMILES string of the molecule is CC(=NNC(=O)c1cccc(Br)c1)[C@@H]1C[C@H]2CC[C@H]1C2. The molecule has 0 aromatic heterocycles. The van der Waals surface area contributed by atoms with Crippen molar-refractivity contribution in [2.45, 2.75) is 32.6 Å². The number of halogens is 1. The van der Waals surface area contributed by atoms with Crippen LogP contribution in [0.2, 0.25) is 0 Å². The molecule has 2 saturated carbocycles. The molecular weight excluding hydrogens is 316 g/mol. The summed E-state index contributed by atoms with van der Waals surface area (Å²) < 4.78 is 0.902. The summed E-state index contributed by atoms with van der Waals surface area (Å²) in [6, 6.07) is 7.35. The van der Waals surface area contributed by atoms with E-state index in [2.05, 4.69) is 26.5 Å². The van der Waals surface area contributed by atoms with E-state index in [0.29, 0.717) is 11.5 Å². The molecular formula is C16H19BrN2O. The quantitative estimate of drug-likeness (QED) is 0.659. The summed E-state index contributed by atoms with van der Waals surface area (Å²) >= 11 is 3.37. The Morgan fingerprint density at radius 3 is 2.85 bits per heavy atom. The lowest BCUT2D eigenvalue weighted by Crippen LogP contribution is -2.24. The van der Waals surface area contributed by atoms with E-state index >= 15 is 0 Å². The number of fused-ring (bicyclic) bond motifs is 2. The second-order valence-electron chi connectivity index (χ2n) is 5.99. The van der Waals surface area contributed by atoms with Gasteiger partial charge in [0.2, 0.25) is 0 Å². The zero-order valence-corrected chi connectivity index (χ0v) is 13.2. The van der Waals surface area contributed by atoms with Crippen molar-refractivity contribution in [1.82, 2.24) is 5.43 Å². The van der Waals surface area contributed by atoms with E-state index in [0.717, 1.165) is 22.0 Å². The van der Waals surface area contributed by atoms with Crippen molar-refractivity contribution in [3.8, 4) is 0 Å². The Morgan fingerprint density at radius 1 is 1.35 bits per heavy atom. The number of nitrogens with zero attached hydrogens (tertiary/aromatic N) is 1. The molecule has 20 heavy (non-hydrogen) atoms. The third-order valence-corrected chi connectivity index (χ3v) is 5.19. The minimum atomic E-state index is -0.145. The molecule has 0 aliphatic heterocycles. The van der Waals surface area contributed by atoms with E-state index in [1.165, 1.54) is 25.7 Å². The van der Waals surface area contributed by atoms with Crippen molar-refractivity contribution >= 4 is 27.5 Å². The molecule has 3 atom stereocenters. The van der Waals surface area contributed by atoms with Gasteiger partial charge in [0.15, 0.2) is 0 Å². The molecule has 106 valence electrons. The van der Waals surface area contributed by atoms with Gasteiger partial charge in [-0.05, 0) is 56.2 Å². The Kier molecular flexibility index (Phi) is 3.92. The number of carbonyl (C=O) groups is 1. The Labute approximate surface area is 128 Å². The first-order valence-corrected chi connectivity index (χ1v) is 8.03. The fourth-order valence-electron chi connectivity index (χ4n) is 3.67. The van der Waals surface area contributed by atoms with Crippen LogP contribution in [0.5, 0.6) is 0 Å². The van der Waals surface area contributed by atoms with Crippen molar-refractivity contribution < 1.29 is 4.79 Å². The van der Waals surface area contributed by atoms with Gasteiger partial charge in [0, 0.05) is 21.7 Å². The normalized spacial score (nSPS) is 28.7. The predicted molar refractivity (Wildman–Crippen MR) is 83.7 cm³/mol. The number of hydrogen-bond donors (Lipinski definition) is 1. The van der Waals surface area contributed by atoms with Crippen LogP contribution >= 0.6 is 15.9 Å². The first-order valence-electron chi connectivity index (χ1n) is 7.23. The van der Waals surface area contributed by atoms with E-state index in [-0.39, 0.29) is 5.91 Å². The van der Waals surface area contributed by atoms with Gasteiger partial charge >= 0.3 is 0 Å². The molecule has 0 unspecified atom stereocenters. The molecule has 2 fully saturated rings. The van der Waals surface area contributed by atoms with Gasteiger partial charge in [0.05, 0.1) is 0 Å². The van der Waals surface area contributed by atoms with E-state index in [9.17, 15) is 4.79 Å². The second-order valence-corrected chi connectivity index (χ2v) is 6.90. The third-order valence-electron chi connectivity index (χ3n) is 4.70. The van der Waals surface area contributed by atoms with Crippen LogP contribution in [-0.2, 0) is 0 Å². The monoisotopic (exact) mass is 334 g/mol. The molecule has 1 N–H and O–H groups in total. The second kappa shape index (κ2) is 5.68. The van der Waals surface area contributed by atoms with Gasteiger partial charge in [0.1, 0.15) is 0 Å². The number of hydrogen-bond acceptors (Lipinski definition) is 2. The maximum atomic E-state index is 12.0. The molecule has 0 saturated heterocycles. The van der Waals surface area contributed by atoms with Gasteiger partial charge in [-0.2, -0.15) is 5.10 Å². The Balaban J connectivity index is 1.63. The summed E-state index contributed by atoms with van der Waals surface area (Å²) in [6.45, 7) is 2.05. The maximum absolute atomic E-state index is 12.0. The third kappa shape index (κ3) is 2.80. The Bertz CT molecular complexity index is 555. The molecule has 1 aromatic carbocycles. The average molecular weight is 335 g/mol. The summed E-state index contributed by atoms with van der Waals surface area (Å²) in [4.78, 5) is 12.0. The molecule has 0 spiro atoms. The van der Waals surface area contributed by atoms with Crippen LogP contribution in [0.1, 0.15) is 43.0 Å². The number of amides is 1. The van der Waals surface area contributed by atoms with Crippen LogP contribution in [-0.4, -0.2) is 11.6 Å². The van der Waals surface area contributed by atoms with E-state index in [4.69, 9.17) is 0 Å². The molecule has 2 bridgehead atoms. The van der Waals surface area contributed by atoms with Gasteiger partial charge in [-0.3, -0.25) is 4.79 Å². The first kappa shape index (κ1) is 13.8. The highest BCUT2D eigenvalue weighted by Gasteiger charge is 2.40. The molecule has 1 amide bonds. The highest BCUT2D eigenvalue weighted by Crippen LogP contribution is 2.48. The molecule has 0 radical (unpaired) electrons. The van der Waals surface area contributed by atoms with Crippen LogP contribution in [0.4, 0.5) is 0 Å². The topological polar surface area (TPSA) is 41.5 Å². The van der Waals surface area contributed by atoms with Crippen molar-refractivity contribution in [2.75, 3.05) is 0 Å². The lowest BCUT2D eigenvalue weighted by Gasteiger charge is -2.21. The van der Waals surface area contributed by atoms with Crippen molar-refractivity contribution in [3.05, 3.63) is 34.3 Å². The summed E-state index contributed by atoms with van der Waals surface area (Å²) in [5.74, 6) is 2.13. The van der Waals surface area contributed by atoms with E-state index in [1.54, 1.807) is 12.1 Å². The van der Waals surface area contributed by atoms with Crippen LogP contribution in [0.3, 0.4) is 0 Å². The Morgan fingerprint density at radius 2 is 2.20 bits per heavy atom. The van der Waals surface area contributed by atoms with Crippen molar-refractivity contribution in [3.63, 3.8) is 0 Å². The molecule has 1 aromatic rings. The van der Waals surface area contributed by atoms with Gasteiger partial charge < -0.3 is 0 Å². The van der Waals surface area contributed by atoms with Crippen molar-refractivity contribution in [2.24, 2.45) is 22.9 Å². The van der Waals surface area contributed by atoms with Gasteiger partial charge in [-0.15, -0.1) is 0 Å². The zero-order valence-electron chi connectivity index (χ0n) is 11.6. The molecule has 3 rings (SSSR count). The number of benzene rings is 1. The van der Waals surface area contributed by atoms with Gasteiger partial charge in [-0.25, -0.2) is 5.43 Å². The number of nitrogens with one attached hydrogen (secondary N) is 1. The smallest absolute Gasteiger partial charge is 0.267 e. The summed E-state index contributed by atoms with van der Waals surface area (Å²) in [5.41, 5.74) is 4.40. The van der Waals surface area contributed by atoms with Crippen LogP contribution in [0.25, 0.3) is 0 Å². The maximum Gasteiger partial charge on any atom is 0.271 e. The fraction of sp³-hybridized carbons (Fsp3) is 0.500. The van der Waals surface area contributed by atoms with Gasteiger partial charge in [0.25, 0.3) is 5.91 Å². The Hall–Kier alpha value is -1.16. The van der Waals surface area contributed by atoms with Gasteiger partial charge in [-0.1, -0.05) is 28.4 Å². The first-order chi connectivity index (χ1) is 9.63. The van der Waals surface area contributed by atoms with Crippen LogP contribution in [0.15, 0.2) is 33.8 Å². The lowest BCUT2D eigenvalue weighted by molar-refractivity contribution is 0.0954. The zero-order chi connectivity index (χ0) is 14.1. The van der Waals surface area contributed by atoms with E-state index in [1.807, 2.05) is 19.1 Å². The highest BCUT2D eigenvalue weighted by atomic mass is 79.9. The van der Waals surface area contributed by atoms with Crippen LogP contribution in [0, 0.1) is 17.8 Å². The van der Waals surface area contributed by atoms with E-state index < -0.39 is 0 Å². The molecule has 0 heterocycles. The summed E-state index contributed by atoms with van der Waals surface area (Å²) in [6.07, 6.45) is 5.34. The number of hydrazone groups is 1. The van der Waals surface area contributed by atoms with Crippen molar-refractivity contribution in [1.29, 1.82) is 0 Å². The van der Waals surface area contributed by atoms with Crippen LogP contribution < -0.4 is 5.43 Å². The fourth-order valence-corrected chi connectivity index (χ4v) is 4.07. The summed E-state index contributed by atoms with van der Waals surface area (Å²) in [5, 5.41) is 4.33. The average Bonchev–Trinajstić information content (AvgIpc) is 3.07. The lowest BCUT2D eigenvalue weighted by atomic mass is 9.86. The highest BCUT2D eigenvalue weighted by molar-refractivity contribution is 9.10. The minimum absolute atomic E-state index is 0.145. The molecule has 2 aliphatic rings. The molecule has 3 nitrogen and oxygen atoms in total. The predicted octanol–water partition coefficient (Wildman–Crippen LogP) is 3.99. The standard InChI is InChI=1S/C16H19BrN2O/c1-10(15-8-11-5-6-12(15)7-11)18-19-16(20)13-3-2-4-14(17)9-13/h2-4,9,11-12,15H,5-8H2,1H3,(H,19,20)/t11-,12-,15-/m0/s1. The number of rotatable bonds is 3. The molecule has 2 aliphatic carbocycles.